The molecule has 1 fully saturated rings. The monoisotopic (exact) mass is 437 g/mol. The zero-order valence-electron chi connectivity index (χ0n) is 17.4. The standard InChI is InChI=1S/C22H26F3N3O3/c1-2-8-28(21(30)17-7-14-31-16-17)9-6-20(29)27-12-10-26(11-13-27)19-5-3-4-18(15-19)22(23,24)25/h3-5,7,14-16H,2,6,8-13H2,1H3. The highest BCUT2D eigenvalue weighted by Gasteiger charge is 2.31. The fourth-order valence-corrected chi connectivity index (χ4v) is 3.64. The van der Waals surface area contributed by atoms with Crippen LogP contribution in [-0.4, -0.2) is 60.9 Å². The van der Waals surface area contributed by atoms with Crippen molar-refractivity contribution in [1.29, 1.82) is 0 Å². The number of alkyl halides is 3. The number of hydrogen-bond acceptors (Lipinski definition) is 4. The molecule has 0 bridgehead atoms. The van der Waals surface area contributed by atoms with Gasteiger partial charge in [-0.15, -0.1) is 0 Å². The van der Waals surface area contributed by atoms with Crippen molar-refractivity contribution in [2.45, 2.75) is 25.9 Å². The Labute approximate surface area is 179 Å². The van der Waals surface area contributed by atoms with E-state index in [-0.39, 0.29) is 18.2 Å². The highest BCUT2D eigenvalue weighted by Crippen LogP contribution is 2.31. The van der Waals surface area contributed by atoms with Crippen LogP contribution in [0.1, 0.15) is 35.7 Å². The first-order valence-electron chi connectivity index (χ1n) is 10.3. The fourth-order valence-electron chi connectivity index (χ4n) is 3.64. The molecule has 3 rings (SSSR count). The van der Waals surface area contributed by atoms with Crippen LogP contribution in [0, 0.1) is 0 Å². The average Bonchev–Trinajstić information content (AvgIpc) is 3.30. The molecule has 1 saturated heterocycles. The van der Waals surface area contributed by atoms with Crippen molar-refractivity contribution in [3.05, 3.63) is 54.0 Å². The third-order valence-electron chi connectivity index (χ3n) is 5.32. The quantitative estimate of drug-likeness (QED) is 0.660. The van der Waals surface area contributed by atoms with Crippen molar-refractivity contribution < 1.29 is 27.2 Å². The minimum absolute atomic E-state index is 0.0650. The lowest BCUT2D eigenvalue weighted by atomic mass is 10.1. The maximum Gasteiger partial charge on any atom is 0.416 e. The van der Waals surface area contributed by atoms with Crippen LogP contribution in [0.5, 0.6) is 0 Å². The normalized spacial score (nSPS) is 14.6. The van der Waals surface area contributed by atoms with Gasteiger partial charge in [0, 0.05) is 51.4 Å². The van der Waals surface area contributed by atoms with E-state index in [1.54, 1.807) is 21.9 Å². The molecule has 6 nitrogen and oxygen atoms in total. The molecule has 0 unspecified atom stereocenters. The largest absolute Gasteiger partial charge is 0.472 e. The SMILES string of the molecule is CCCN(CCC(=O)N1CCN(c2cccc(C(F)(F)F)c2)CC1)C(=O)c1ccoc1. The lowest BCUT2D eigenvalue weighted by Crippen LogP contribution is -2.49. The van der Waals surface area contributed by atoms with E-state index in [0.29, 0.717) is 50.5 Å². The summed E-state index contributed by atoms with van der Waals surface area (Å²) >= 11 is 0. The molecule has 0 aliphatic carbocycles. The summed E-state index contributed by atoms with van der Waals surface area (Å²) in [5.74, 6) is -0.234. The van der Waals surface area contributed by atoms with E-state index in [1.165, 1.54) is 18.6 Å². The molecule has 9 heteroatoms. The number of amides is 2. The van der Waals surface area contributed by atoms with Gasteiger partial charge in [-0.25, -0.2) is 0 Å². The van der Waals surface area contributed by atoms with Crippen molar-refractivity contribution in [3.8, 4) is 0 Å². The van der Waals surface area contributed by atoms with Crippen LogP contribution in [0.3, 0.4) is 0 Å². The van der Waals surface area contributed by atoms with Gasteiger partial charge in [-0.3, -0.25) is 9.59 Å². The first-order chi connectivity index (χ1) is 14.8. The first kappa shape index (κ1) is 22.7. The van der Waals surface area contributed by atoms with Crippen molar-refractivity contribution in [2.24, 2.45) is 0 Å². The lowest BCUT2D eigenvalue weighted by Gasteiger charge is -2.36. The predicted octanol–water partition coefficient (Wildman–Crippen LogP) is 3.89. The van der Waals surface area contributed by atoms with Gasteiger partial charge in [-0.05, 0) is 30.7 Å². The van der Waals surface area contributed by atoms with E-state index in [9.17, 15) is 22.8 Å². The summed E-state index contributed by atoms with van der Waals surface area (Å²) in [6.45, 7) is 4.59. The smallest absolute Gasteiger partial charge is 0.416 e. The summed E-state index contributed by atoms with van der Waals surface area (Å²) in [4.78, 5) is 30.4. The van der Waals surface area contributed by atoms with Crippen LogP contribution in [0.15, 0.2) is 47.3 Å². The number of carbonyl (C=O) groups excluding carboxylic acids is 2. The number of anilines is 1. The molecular formula is C22H26F3N3O3. The molecule has 0 atom stereocenters. The maximum absolute atomic E-state index is 12.9. The third kappa shape index (κ3) is 5.80. The van der Waals surface area contributed by atoms with Crippen LogP contribution < -0.4 is 4.90 Å². The molecular weight excluding hydrogens is 411 g/mol. The molecule has 2 heterocycles. The van der Waals surface area contributed by atoms with Crippen molar-refractivity contribution in [2.75, 3.05) is 44.2 Å². The topological polar surface area (TPSA) is 57.0 Å². The second-order valence-corrected chi connectivity index (χ2v) is 7.47. The molecule has 0 radical (unpaired) electrons. The number of piperazine rings is 1. The van der Waals surface area contributed by atoms with E-state index >= 15 is 0 Å². The number of rotatable bonds is 7. The van der Waals surface area contributed by atoms with Crippen molar-refractivity contribution in [1.82, 2.24) is 9.80 Å². The van der Waals surface area contributed by atoms with Gasteiger partial charge in [0.15, 0.2) is 0 Å². The molecule has 0 saturated carbocycles. The molecule has 1 aliphatic heterocycles. The zero-order valence-corrected chi connectivity index (χ0v) is 17.4. The van der Waals surface area contributed by atoms with Gasteiger partial charge in [-0.2, -0.15) is 13.2 Å². The Morgan fingerprint density at radius 1 is 1.10 bits per heavy atom. The number of furan rings is 1. The Kier molecular flexibility index (Phi) is 7.25. The third-order valence-corrected chi connectivity index (χ3v) is 5.32. The summed E-state index contributed by atoms with van der Waals surface area (Å²) in [7, 11) is 0. The van der Waals surface area contributed by atoms with Crippen LogP contribution >= 0.6 is 0 Å². The van der Waals surface area contributed by atoms with Crippen molar-refractivity contribution >= 4 is 17.5 Å². The summed E-state index contributed by atoms with van der Waals surface area (Å²) in [6, 6.07) is 6.84. The summed E-state index contributed by atoms with van der Waals surface area (Å²) in [5.41, 5.74) is 0.277. The highest BCUT2D eigenvalue weighted by molar-refractivity contribution is 5.94. The Morgan fingerprint density at radius 3 is 2.45 bits per heavy atom. The van der Waals surface area contributed by atoms with Crippen LogP contribution in [-0.2, 0) is 11.0 Å². The molecule has 1 aromatic carbocycles. The Balaban J connectivity index is 1.52. The number of nitrogens with zero attached hydrogens (tertiary/aromatic N) is 3. The van der Waals surface area contributed by atoms with Gasteiger partial charge in [-0.1, -0.05) is 13.0 Å². The van der Waals surface area contributed by atoms with Gasteiger partial charge in [0.1, 0.15) is 6.26 Å². The summed E-state index contributed by atoms with van der Waals surface area (Å²) in [6.07, 6.45) is -0.584. The van der Waals surface area contributed by atoms with Gasteiger partial charge in [0.05, 0.1) is 17.4 Å². The number of benzene rings is 1. The van der Waals surface area contributed by atoms with E-state index < -0.39 is 11.7 Å². The van der Waals surface area contributed by atoms with Crippen molar-refractivity contribution in [3.63, 3.8) is 0 Å². The van der Waals surface area contributed by atoms with Crippen LogP contribution in [0.2, 0.25) is 0 Å². The van der Waals surface area contributed by atoms with E-state index in [2.05, 4.69) is 0 Å². The lowest BCUT2D eigenvalue weighted by molar-refractivity contribution is -0.137. The van der Waals surface area contributed by atoms with Crippen LogP contribution in [0.4, 0.5) is 18.9 Å². The molecule has 2 aromatic rings. The zero-order chi connectivity index (χ0) is 22.4. The van der Waals surface area contributed by atoms with E-state index in [1.807, 2.05) is 11.8 Å². The minimum Gasteiger partial charge on any atom is -0.472 e. The molecule has 0 N–H and O–H groups in total. The second kappa shape index (κ2) is 9.89. The first-order valence-corrected chi connectivity index (χ1v) is 10.3. The van der Waals surface area contributed by atoms with E-state index in [4.69, 9.17) is 4.42 Å². The molecule has 168 valence electrons. The molecule has 2 amide bonds. The molecule has 1 aliphatic rings. The Morgan fingerprint density at radius 2 is 1.84 bits per heavy atom. The van der Waals surface area contributed by atoms with Gasteiger partial charge < -0.3 is 19.1 Å². The number of halogens is 3. The number of hydrogen-bond donors (Lipinski definition) is 0. The molecule has 0 spiro atoms. The Hall–Kier alpha value is -2.97. The van der Waals surface area contributed by atoms with E-state index in [0.717, 1.165) is 18.6 Å². The summed E-state index contributed by atoms with van der Waals surface area (Å²) < 4.78 is 43.8. The Bertz CT molecular complexity index is 876. The van der Waals surface area contributed by atoms with Gasteiger partial charge in [0.2, 0.25) is 5.91 Å². The second-order valence-electron chi connectivity index (χ2n) is 7.47. The number of carbonyl (C=O) groups is 2. The maximum atomic E-state index is 12.9. The fraction of sp³-hybridized carbons (Fsp3) is 0.455. The van der Waals surface area contributed by atoms with Gasteiger partial charge >= 0.3 is 6.18 Å². The average molecular weight is 437 g/mol. The van der Waals surface area contributed by atoms with Gasteiger partial charge in [0.25, 0.3) is 5.91 Å². The van der Waals surface area contributed by atoms with Crippen LogP contribution in [0.25, 0.3) is 0 Å². The molecule has 31 heavy (non-hydrogen) atoms. The minimum atomic E-state index is -4.38. The summed E-state index contributed by atoms with van der Waals surface area (Å²) in [5, 5.41) is 0. The molecule has 1 aromatic heterocycles. The predicted molar refractivity (Wildman–Crippen MR) is 110 cm³/mol. The highest BCUT2D eigenvalue weighted by atomic mass is 19.4.